The van der Waals surface area contributed by atoms with Gasteiger partial charge in [0.25, 0.3) is 0 Å². The van der Waals surface area contributed by atoms with Crippen LogP contribution in [0.25, 0.3) is 0 Å². The van der Waals surface area contributed by atoms with E-state index in [1.807, 2.05) is 31.2 Å². The van der Waals surface area contributed by atoms with Crippen LogP contribution in [-0.2, 0) is 14.8 Å². The fraction of sp³-hybridized carbons (Fsp3) is 0.294. The fourth-order valence-electron chi connectivity index (χ4n) is 2.64. The van der Waals surface area contributed by atoms with Gasteiger partial charge in [-0.25, -0.2) is 8.42 Å². The number of benzene rings is 2. The molecule has 7 heteroatoms. The van der Waals surface area contributed by atoms with Crippen LogP contribution in [0.5, 0.6) is 0 Å². The van der Waals surface area contributed by atoms with Gasteiger partial charge in [0, 0.05) is 18.1 Å². The van der Waals surface area contributed by atoms with Crippen LogP contribution in [0, 0.1) is 6.92 Å². The molecular weight excluding hydrogens is 369 g/mol. The van der Waals surface area contributed by atoms with E-state index in [-0.39, 0.29) is 29.1 Å². The molecular formula is C17H17Cl2NO3S. The highest BCUT2D eigenvalue weighted by atomic mass is 35.5. The molecule has 0 saturated carbocycles. The number of sulfonamides is 1. The van der Waals surface area contributed by atoms with Crippen LogP contribution < -0.4 is 0 Å². The Hall–Kier alpha value is -1.11. The van der Waals surface area contributed by atoms with E-state index in [9.17, 15) is 8.42 Å². The number of rotatable bonds is 3. The van der Waals surface area contributed by atoms with Gasteiger partial charge in [-0.15, -0.1) is 0 Å². The molecule has 0 spiro atoms. The molecule has 128 valence electrons. The van der Waals surface area contributed by atoms with Crippen molar-refractivity contribution >= 4 is 33.2 Å². The number of ether oxygens (including phenoxy) is 1. The number of halogens is 2. The standard InChI is InChI=1S/C17H17Cl2NO3S/c1-12-2-4-13(5-3-12)16-11-20(8-9-23-16)24(21,22)17-10-14(18)6-7-15(17)19/h2-7,10,16H,8-9,11H2,1H3. The quantitative estimate of drug-likeness (QED) is 0.799. The van der Waals surface area contributed by atoms with Crippen molar-refractivity contribution in [3.8, 4) is 0 Å². The average molecular weight is 386 g/mol. The maximum atomic E-state index is 12.9. The summed E-state index contributed by atoms with van der Waals surface area (Å²) in [5, 5.41) is 0.499. The van der Waals surface area contributed by atoms with Crippen molar-refractivity contribution in [1.29, 1.82) is 0 Å². The van der Waals surface area contributed by atoms with Crippen molar-refractivity contribution in [3.63, 3.8) is 0 Å². The third-order valence-corrected chi connectivity index (χ3v) is 6.57. The van der Waals surface area contributed by atoms with Crippen molar-refractivity contribution in [2.75, 3.05) is 19.7 Å². The summed E-state index contributed by atoms with van der Waals surface area (Å²) in [6.45, 7) is 2.86. The summed E-state index contributed by atoms with van der Waals surface area (Å²) in [5.41, 5.74) is 2.10. The van der Waals surface area contributed by atoms with E-state index in [4.69, 9.17) is 27.9 Å². The van der Waals surface area contributed by atoms with Gasteiger partial charge in [0.05, 0.1) is 17.7 Å². The van der Waals surface area contributed by atoms with Crippen molar-refractivity contribution in [3.05, 3.63) is 63.6 Å². The molecule has 3 rings (SSSR count). The zero-order valence-corrected chi connectivity index (χ0v) is 15.4. The first-order valence-corrected chi connectivity index (χ1v) is 9.71. The predicted molar refractivity (Wildman–Crippen MR) is 95.1 cm³/mol. The lowest BCUT2D eigenvalue weighted by atomic mass is 10.1. The Morgan fingerprint density at radius 3 is 2.54 bits per heavy atom. The normalized spacial score (nSPS) is 19.4. The number of hydrogen-bond donors (Lipinski definition) is 0. The van der Waals surface area contributed by atoms with E-state index >= 15 is 0 Å². The van der Waals surface area contributed by atoms with Gasteiger partial charge >= 0.3 is 0 Å². The van der Waals surface area contributed by atoms with E-state index in [0.29, 0.717) is 11.6 Å². The molecule has 1 heterocycles. The maximum Gasteiger partial charge on any atom is 0.244 e. The highest BCUT2D eigenvalue weighted by molar-refractivity contribution is 7.89. The monoisotopic (exact) mass is 385 g/mol. The Kier molecular flexibility index (Phi) is 5.18. The van der Waals surface area contributed by atoms with Crippen molar-refractivity contribution in [1.82, 2.24) is 4.31 Å². The lowest BCUT2D eigenvalue weighted by molar-refractivity contribution is -0.00255. The van der Waals surface area contributed by atoms with Gasteiger partial charge in [0.2, 0.25) is 10.0 Å². The van der Waals surface area contributed by atoms with Gasteiger partial charge in [0.1, 0.15) is 4.90 Å². The smallest absolute Gasteiger partial charge is 0.244 e. The summed E-state index contributed by atoms with van der Waals surface area (Å²) >= 11 is 12.0. The Bertz CT molecular complexity index is 837. The number of aryl methyl sites for hydroxylation is 1. The van der Waals surface area contributed by atoms with E-state index in [0.717, 1.165) is 11.1 Å². The highest BCUT2D eigenvalue weighted by Gasteiger charge is 2.32. The highest BCUT2D eigenvalue weighted by Crippen LogP contribution is 2.31. The van der Waals surface area contributed by atoms with Crippen LogP contribution in [0.3, 0.4) is 0 Å². The fourth-order valence-corrected chi connectivity index (χ4v) is 4.80. The van der Waals surface area contributed by atoms with Crippen LogP contribution in [0.4, 0.5) is 0 Å². The largest absolute Gasteiger partial charge is 0.371 e. The van der Waals surface area contributed by atoms with E-state index in [1.165, 1.54) is 16.4 Å². The zero-order chi connectivity index (χ0) is 17.3. The van der Waals surface area contributed by atoms with Gasteiger partial charge in [-0.05, 0) is 30.7 Å². The lowest BCUT2D eigenvalue weighted by Crippen LogP contribution is -2.42. The summed E-state index contributed by atoms with van der Waals surface area (Å²) in [6, 6.07) is 12.3. The molecule has 0 aliphatic carbocycles. The van der Waals surface area contributed by atoms with Gasteiger partial charge < -0.3 is 4.74 Å². The summed E-state index contributed by atoms with van der Waals surface area (Å²) in [6.07, 6.45) is -0.299. The van der Waals surface area contributed by atoms with Crippen LogP contribution in [0.2, 0.25) is 10.0 Å². The Labute approximate surface area is 152 Å². The molecule has 0 N–H and O–H groups in total. The summed E-state index contributed by atoms with van der Waals surface area (Å²) in [5.74, 6) is 0. The van der Waals surface area contributed by atoms with Gasteiger partial charge in [-0.1, -0.05) is 53.0 Å². The van der Waals surface area contributed by atoms with E-state index in [2.05, 4.69) is 0 Å². The van der Waals surface area contributed by atoms with Crippen LogP contribution in [-0.4, -0.2) is 32.4 Å². The minimum atomic E-state index is -3.73. The Morgan fingerprint density at radius 2 is 1.83 bits per heavy atom. The first-order valence-electron chi connectivity index (χ1n) is 7.51. The second-order valence-electron chi connectivity index (χ2n) is 5.71. The third-order valence-electron chi connectivity index (χ3n) is 3.99. The van der Waals surface area contributed by atoms with Crippen LogP contribution in [0.1, 0.15) is 17.2 Å². The molecule has 1 atom stereocenters. The summed E-state index contributed by atoms with van der Waals surface area (Å²) in [4.78, 5) is 0.0289. The van der Waals surface area contributed by atoms with Gasteiger partial charge in [-0.3, -0.25) is 0 Å². The first kappa shape index (κ1) is 17.7. The lowest BCUT2D eigenvalue weighted by Gasteiger charge is -2.32. The number of morpholine rings is 1. The second-order valence-corrected chi connectivity index (χ2v) is 8.46. The molecule has 2 aromatic rings. The molecule has 2 aromatic carbocycles. The first-order chi connectivity index (χ1) is 11.4. The predicted octanol–water partition coefficient (Wildman–Crippen LogP) is 4.06. The van der Waals surface area contributed by atoms with Crippen molar-refractivity contribution in [2.45, 2.75) is 17.9 Å². The second kappa shape index (κ2) is 7.02. The molecule has 0 bridgehead atoms. The SMILES string of the molecule is Cc1ccc(C2CN(S(=O)(=O)c3cc(Cl)ccc3Cl)CCO2)cc1. The molecule has 1 saturated heterocycles. The third kappa shape index (κ3) is 3.60. The zero-order valence-electron chi connectivity index (χ0n) is 13.1. The van der Waals surface area contributed by atoms with Crippen LogP contribution in [0.15, 0.2) is 47.4 Å². The average Bonchev–Trinajstić information content (AvgIpc) is 2.58. The summed E-state index contributed by atoms with van der Waals surface area (Å²) < 4.78 is 33.0. The van der Waals surface area contributed by atoms with Crippen LogP contribution >= 0.6 is 23.2 Å². The Morgan fingerprint density at radius 1 is 1.12 bits per heavy atom. The summed E-state index contributed by atoms with van der Waals surface area (Å²) in [7, 11) is -3.73. The molecule has 4 nitrogen and oxygen atoms in total. The van der Waals surface area contributed by atoms with Gasteiger partial charge in [-0.2, -0.15) is 4.31 Å². The molecule has 0 amide bonds. The minimum absolute atomic E-state index is 0.0289. The molecule has 24 heavy (non-hydrogen) atoms. The molecule has 1 fully saturated rings. The van der Waals surface area contributed by atoms with Gasteiger partial charge in [0.15, 0.2) is 0 Å². The molecule has 1 aliphatic heterocycles. The molecule has 1 aliphatic rings. The molecule has 0 aromatic heterocycles. The van der Waals surface area contributed by atoms with Crippen molar-refractivity contribution < 1.29 is 13.2 Å². The van der Waals surface area contributed by atoms with E-state index < -0.39 is 10.0 Å². The Balaban J connectivity index is 1.88. The topological polar surface area (TPSA) is 46.6 Å². The number of nitrogens with zero attached hydrogens (tertiary/aromatic N) is 1. The maximum absolute atomic E-state index is 12.9. The van der Waals surface area contributed by atoms with Crippen molar-refractivity contribution in [2.24, 2.45) is 0 Å². The minimum Gasteiger partial charge on any atom is -0.371 e. The van der Waals surface area contributed by atoms with E-state index in [1.54, 1.807) is 6.07 Å². The molecule has 0 radical (unpaired) electrons. The number of hydrogen-bond acceptors (Lipinski definition) is 3. The molecule has 1 unspecified atom stereocenters.